The molecule has 0 saturated carbocycles. The summed E-state index contributed by atoms with van der Waals surface area (Å²) < 4.78 is 37.0. The van der Waals surface area contributed by atoms with Gasteiger partial charge in [0.1, 0.15) is 0 Å². The number of hydrogen-bond donors (Lipinski definition) is 1. The monoisotopic (exact) mass is 284 g/mol. The Morgan fingerprint density at radius 1 is 1.41 bits per heavy atom. The zero-order chi connectivity index (χ0) is 13.1. The Balaban J connectivity index is 2.52. The third kappa shape index (κ3) is 4.85. The molecule has 0 aliphatic carbocycles. The minimum absolute atomic E-state index is 0.368. The van der Waals surface area contributed by atoms with Gasteiger partial charge in [-0.05, 0) is 11.7 Å². The zero-order valence-electron chi connectivity index (χ0n) is 9.62. The van der Waals surface area contributed by atoms with Crippen LogP contribution in [0.5, 0.6) is 0 Å². The van der Waals surface area contributed by atoms with Gasteiger partial charge in [0.15, 0.2) is 5.01 Å². The van der Waals surface area contributed by atoms with Crippen molar-refractivity contribution < 1.29 is 13.2 Å². The van der Waals surface area contributed by atoms with Crippen LogP contribution in [0.4, 0.5) is 13.2 Å². The lowest BCUT2D eigenvalue weighted by Crippen LogP contribution is -2.12. The van der Waals surface area contributed by atoms with Crippen LogP contribution in [-0.4, -0.2) is 16.5 Å². The van der Waals surface area contributed by atoms with E-state index in [1.54, 1.807) is 11.8 Å². The summed E-state index contributed by atoms with van der Waals surface area (Å²) >= 11 is 2.29. The second-order valence-electron chi connectivity index (χ2n) is 4.10. The summed E-state index contributed by atoms with van der Waals surface area (Å²) in [5.41, 5.74) is 5.82. The SMILES string of the molecule is CC(C)CSCC(N)c1cnc(C(F)(F)F)s1. The van der Waals surface area contributed by atoms with Crippen LogP contribution in [0, 0.1) is 5.92 Å². The summed E-state index contributed by atoms with van der Waals surface area (Å²) in [6.45, 7) is 4.18. The molecule has 1 unspecified atom stereocenters. The van der Waals surface area contributed by atoms with E-state index in [0.717, 1.165) is 5.75 Å². The molecular weight excluding hydrogens is 269 g/mol. The van der Waals surface area contributed by atoms with Crippen LogP contribution in [0.15, 0.2) is 6.20 Å². The molecule has 1 aromatic rings. The normalized spacial score (nSPS) is 14.3. The number of nitrogens with two attached hydrogens (primary N) is 1. The van der Waals surface area contributed by atoms with E-state index in [-0.39, 0.29) is 6.04 Å². The first-order chi connectivity index (χ1) is 7.80. The van der Waals surface area contributed by atoms with Gasteiger partial charge in [-0.1, -0.05) is 13.8 Å². The van der Waals surface area contributed by atoms with Crippen molar-refractivity contribution in [1.82, 2.24) is 4.98 Å². The van der Waals surface area contributed by atoms with E-state index < -0.39 is 11.2 Å². The Morgan fingerprint density at radius 3 is 2.53 bits per heavy atom. The van der Waals surface area contributed by atoms with Crippen LogP contribution in [0.2, 0.25) is 0 Å². The average Bonchev–Trinajstić information content (AvgIpc) is 2.64. The summed E-state index contributed by atoms with van der Waals surface area (Å²) in [4.78, 5) is 3.85. The highest BCUT2D eigenvalue weighted by molar-refractivity contribution is 7.99. The first-order valence-electron chi connectivity index (χ1n) is 5.17. The van der Waals surface area contributed by atoms with Crippen molar-refractivity contribution in [3.63, 3.8) is 0 Å². The highest BCUT2D eigenvalue weighted by Gasteiger charge is 2.34. The van der Waals surface area contributed by atoms with Crippen molar-refractivity contribution in [2.24, 2.45) is 11.7 Å². The third-order valence-corrected chi connectivity index (χ3v) is 4.55. The first-order valence-corrected chi connectivity index (χ1v) is 7.14. The van der Waals surface area contributed by atoms with Gasteiger partial charge >= 0.3 is 6.18 Å². The van der Waals surface area contributed by atoms with Crippen molar-refractivity contribution in [3.05, 3.63) is 16.1 Å². The van der Waals surface area contributed by atoms with Crippen LogP contribution in [0.3, 0.4) is 0 Å². The fraction of sp³-hybridized carbons (Fsp3) is 0.700. The number of rotatable bonds is 5. The molecule has 0 bridgehead atoms. The second kappa shape index (κ2) is 6.06. The first kappa shape index (κ1) is 14.8. The smallest absolute Gasteiger partial charge is 0.323 e. The Bertz CT molecular complexity index is 350. The highest BCUT2D eigenvalue weighted by atomic mass is 32.2. The topological polar surface area (TPSA) is 38.9 Å². The standard InChI is InChI=1S/C10H15F3N2S2/c1-6(2)4-16-5-7(14)8-3-15-9(17-8)10(11,12)13/h3,6-7H,4-5,14H2,1-2H3. The summed E-state index contributed by atoms with van der Waals surface area (Å²) in [5, 5.41) is -0.822. The molecule has 98 valence electrons. The Kier molecular flexibility index (Phi) is 5.27. The van der Waals surface area contributed by atoms with Gasteiger partial charge < -0.3 is 5.73 Å². The molecule has 2 N–H and O–H groups in total. The van der Waals surface area contributed by atoms with Crippen LogP contribution < -0.4 is 5.73 Å². The highest BCUT2D eigenvalue weighted by Crippen LogP contribution is 2.34. The van der Waals surface area contributed by atoms with Gasteiger partial charge in [0, 0.05) is 22.9 Å². The minimum atomic E-state index is -4.37. The molecule has 1 aromatic heterocycles. The van der Waals surface area contributed by atoms with Gasteiger partial charge in [0.2, 0.25) is 0 Å². The zero-order valence-corrected chi connectivity index (χ0v) is 11.3. The van der Waals surface area contributed by atoms with Gasteiger partial charge in [-0.15, -0.1) is 11.3 Å². The van der Waals surface area contributed by atoms with Crippen molar-refractivity contribution in [2.45, 2.75) is 26.1 Å². The number of thioether (sulfide) groups is 1. The fourth-order valence-electron chi connectivity index (χ4n) is 1.10. The second-order valence-corrected chi connectivity index (χ2v) is 6.24. The van der Waals surface area contributed by atoms with Gasteiger partial charge in [-0.25, -0.2) is 4.98 Å². The maximum atomic E-state index is 12.3. The molecule has 17 heavy (non-hydrogen) atoms. The number of halogens is 3. The van der Waals surface area contributed by atoms with E-state index in [0.29, 0.717) is 27.9 Å². The molecule has 1 heterocycles. The van der Waals surface area contributed by atoms with Gasteiger partial charge in [-0.2, -0.15) is 24.9 Å². The maximum Gasteiger partial charge on any atom is 0.443 e. The van der Waals surface area contributed by atoms with E-state index in [9.17, 15) is 13.2 Å². The molecule has 0 spiro atoms. The predicted octanol–water partition coefficient (Wildman–Crippen LogP) is 3.55. The molecule has 0 amide bonds. The van der Waals surface area contributed by atoms with Crippen molar-refractivity contribution in [2.75, 3.05) is 11.5 Å². The van der Waals surface area contributed by atoms with Crippen LogP contribution in [0.25, 0.3) is 0 Å². The molecule has 1 rings (SSSR count). The molecule has 0 aliphatic heterocycles. The largest absolute Gasteiger partial charge is 0.443 e. The average molecular weight is 284 g/mol. The Labute approximate surface area is 107 Å². The maximum absolute atomic E-state index is 12.3. The quantitative estimate of drug-likeness (QED) is 0.898. The number of thiazole rings is 1. The van der Waals surface area contributed by atoms with E-state index in [2.05, 4.69) is 18.8 Å². The molecule has 2 nitrogen and oxygen atoms in total. The molecule has 1 atom stereocenters. The van der Waals surface area contributed by atoms with E-state index in [1.165, 1.54) is 6.20 Å². The Hall–Kier alpha value is -0.270. The van der Waals surface area contributed by atoms with Crippen molar-refractivity contribution in [1.29, 1.82) is 0 Å². The van der Waals surface area contributed by atoms with Crippen LogP contribution >= 0.6 is 23.1 Å². The lowest BCUT2D eigenvalue weighted by atomic mass is 10.3. The summed E-state index contributed by atoms with van der Waals surface area (Å²) in [7, 11) is 0. The van der Waals surface area contributed by atoms with Crippen molar-refractivity contribution in [3.8, 4) is 0 Å². The van der Waals surface area contributed by atoms with E-state index in [4.69, 9.17) is 5.73 Å². The summed E-state index contributed by atoms with van der Waals surface area (Å²) in [5.74, 6) is 2.13. The summed E-state index contributed by atoms with van der Waals surface area (Å²) in [6, 6.07) is -0.368. The molecule has 7 heteroatoms. The van der Waals surface area contributed by atoms with E-state index in [1.807, 2.05) is 0 Å². The molecule has 0 aromatic carbocycles. The molecule has 0 radical (unpaired) electrons. The lowest BCUT2D eigenvalue weighted by Gasteiger charge is -2.09. The number of aromatic nitrogens is 1. The Morgan fingerprint density at radius 2 is 2.06 bits per heavy atom. The molecule has 0 fully saturated rings. The van der Waals surface area contributed by atoms with Crippen LogP contribution in [-0.2, 0) is 6.18 Å². The summed E-state index contributed by atoms with van der Waals surface area (Å²) in [6.07, 6.45) is -3.14. The number of hydrogen-bond acceptors (Lipinski definition) is 4. The molecular formula is C10H15F3N2S2. The van der Waals surface area contributed by atoms with Gasteiger partial charge in [0.05, 0.1) is 0 Å². The van der Waals surface area contributed by atoms with Crippen molar-refractivity contribution >= 4 is 23.1 Å². The fourth-order valence-corrected chi connectivity index (χ4v) is 3.03. The molecule has 0 saturated heterocycles. The van der Waals surface area contributed by atoms with E-state index >= 15 is 0 Å². The molecule has 0 aliphatic rings. The number of nitrogens with zero attached hydrogens (tertiary/aromatic N) is 1. The third-order valence-electron chi connectivity index (χ3n) is 1.88. The van der Waals surface area contributed by atoms with Gasteiger partial charge in [0.25, 0.3) is 0 Å². The van der Waals surface area contributed by atoms with Gasteiger partial charge in [-0.3, -0.25) is 0 Å². The lowest BCUT2D eigenvalue weighted by molar-refractivity contribution is -0.137. The van der Waals surface area contributed by atoms with Crippen LogP contribution in [0.1, 0.15) is 29.8 Å². The predicted molar refractivity (Wildman–Crippen MR) is 66.2 cm³/mol. The number of alkyl halides is 3. The minimum Gasteiger partial charge on any atom is -0.323 e.